The third-order valence-corrected chi connectivity index (χ3v) is 2.70. The van der Waals surface area contributed by atoms with Crippen LogP contribution in [0.15, 0.2) is 6.20 Å². The molecule has 0 atom stereocenters. The summed E-state index contributed by atoms with van der Waals surface area (Å²) in [6.45, 7) is 2.06. The number of hydrogen-bond donors (Lipinski definition) is 2. The molecular formula is C9H15N5O. The number of amides is 1. The lowest BCUT2D eigenvalue weighted by Crippen LogP contribution is -2.43. The summed E-state index contributed by atoms with van der Waals surface area (Å²) in [7, 11) is 2.09. The highest BCUT2D eigenvalue weighted by Gasteiger charge is 2.19. The number of rotatable bonds is 2. The summed E-state index contributed by atoms with van der Waals surface area (Å²) in [6, 6.07) is 0.269. The van der Waals surface area contributed by atoms with Crippen LogP contribution in [0.2, 0.25) is 0 Å². The largest absolute Gasteiger partial charge is 0.348 e. The Labute approximate surface area is 88.0 Å². The highest BCUT2D eigenvalue weighted by atomic mass is 16.2. The fourth-order valence-electron chi connectivity index (χ4n) is 1.72. The number of hydrogen-bond acceptors (Lipinski definition) is 4. The minimum atomic E-state index is -0.140. The van der Waals surface area contributed by atoms with Crippen molar-refractivity contribution in [3.63, 3.8) is 0 Å². The Balaban J connectivity index is 1.85. The molecule has 0 unspecified atom stereocenters. The second-order valence-corrected chi connectivity index (χ2v) is 3.91. The van der Waals surface area contributed by atoms with Crippen LogP contribution in [0.25, 0.3) is 0 Å². The van der Waals surface area contributed by atoms with Crippen molar-refractivity contribution >= 4 is 5.91 Å². The van der Waals surface area contributed by atoms with Gasteiger partial charge in [-0.3, -0.25) is 4.79 Å². The van der Waals surface area contributed by atoms with Gasteiger partial charge in [-0.25, -0.2) is 0 Å². The van der Waals surface area contributed by atoms with Crippen molar-refractivity contribution in [3.05, 3.63) is 11.9 Å². The maximum absolute atomic E-state index is 11.6. The van der Waals surface area contributed by atoms with E-state index in [9.17, 15) is 4.79 Å². The summed E-state index contributed by atoms with van der Waals surface area (Å²) in [5.41, 5.74) is 0.355. The standard InChI is InChI=1S/C9H15N5O/c1-14-4-2-7(3-5-14)11-9(15)8-6-10-13-12-8/h6-7H,2-5H2,1H3,(H,11,15)(H,10,12,13). The lowest BCUT2D eigenvalue weighted by molar-refractivity contribution is 0.0912. The van der Waals surface area contributed by atoms with Gasteiger partial charge in [0.1, 0.15) is 0 Å². The molecule has 15 heavy (non-hydrogen) atoms. The summed E-state index contributed by atoms with van der Waals surface area (Å²) in [5, 5.41) is 12.7. The molecule has 0 spiro atoms. The molecule has 82 valence electrons. The molecule has 1 aliphatic heterocycles. The number of nitrogens with one attached hydrogen (secondary N) is 2. The van der Waals surface area contributed by atoms with Crippen LogP contribution in [0.4, 0.5) is 0 Å². The average Bonchev–Trinajstić information content (AvgIpc) is 2.74. The predicted molar refractivity (Wildman–Crippen MR) is 54.4 cm³/mol. The number of aromatic nitrogens is 3. The lowest BCUT2D eigenvalue weighted by atomic mass is 10.1. The van der Waals surface area contributed by atoms with Crippen LogP contribution in [0, 0.1) is 0 Å². The summed E-state index contributed by atoms with van der Waals surface area (Å²) in [4.78, 5) is 13.9. The van der Waals surface area contributed by atoms with Crippen molar-refractivity contribution in [2.45, 2.75) is 18.9 Å². The van der Waals surface area contributed by atoms with Gasteiger partial charge in [-0.2, -0.15) is 15.4 Å². The Morgan fingerprint density at radius 3 is 2.93 bits per heavy atom. The molecule has 0 bridgehead atoms. The van der Waals surface area contributed by atoms with Crippen LogP contribution in [-0.2, 0) is 0 Å². The third-order valence-electron chi connectivity index (χ3n) is 2.70. The molecular weight excluding hydrogens is 194 g/mol. The van der Waals surface area contributed by atoms with Crippen LogP contribution in [0.1, 0.15) is 23.3 Å². The number of piperidine rings is 1. The third kappa shape index (κ3) is 2.53. The number of carbonyl (C=O) groups excluding carboxylic acids is 1. The Morgan fingerprint density at radius 1 is 1.60 bits per heavy atom. The van der Waals surface area contributed by atoms with Gasteiger partial charge in [-0.05, 0) is 33.0 Å². The van der Waals surface area contributed by atoms with E-state index >= 15 is 0 Å². The normalized spacial score (nSPS) is 19.0. The topological polar surface area (TPSA) is 73.9 Å². The van der Waals surface area contributed by atoms with Crippen LogP contribution < -0.4 is 5.32 Å². The van der Waals surface area contributed by atoms with Gasteiger partial charge in [0.15, 0.2) is 5.69 Å². The van der Waals surface area contributed by atoms with Crippen LogP contribution in [-0.4, -0.2) is 52.4 Å². The first-order valence-corrected chi connectivity index (χ1v) is 5.11. The zero-order valence-electron chi connectivity index (χ0n) is 8.73. The Hall–Kier alpha value is -1.43. The van der Waals surface area contributed by atoms with Crippen molar-refractivity contribution < 1.29 is 4.79 Å². The van der Waals surface area contributed by atoms with Crippen molar-refractivity contribution in [1.82, 2.24) is 25.6 Å². The molecule has 1 aromatic rings. The fourth-order valence-corrected chi connectivity index (χ4v) is 1.72. The molecule has 0 radical (unpaired) electrons. The molecule has 2 heterocycles. The van der Waals surface area contributed by atoms with Gasteiger partial charge in [0.25, 0.3) is 5.91 Å². The molecule has 2 N–H and O–H groups in total. The van der Waals surface area contributed by atoms with Gasteiger partial charge >= 0.3 is 0 Å². The summed E-state index contributed by atoms with van der Waals surface area (Å²) in [6.07, 6.45) is 3.43. The maximum atomic E-state index is 11.6. The Bertz CT molecular complexity index is 315. The molecule has 1 aromatic heterocycles. The molecule has 0 aliphatic carbocycles. The summed E-state index contributed by atoms with van der Waals surface area (Å²) < 4.78 is 0. The molecule has 6 heteroatoms. The second-order valence-electron chi connectivity index (χ2n) is 3.91. The first kappa shape index (κ1) is 10.1. The van der Waals surface area contributed by atoms with E-state index in [-0.39, 0.29) is 11.9 Å². The van der Waals surface area contributed by atoms with Crippen molar-refractivity contribution in [2.24, 2.45) is 0 Å². The Kier molecular flexibility index (Phi) is 2.96. The van der Waals surface area contributed by atoms with Crippen molar-refractivity contribution in [1.29, 1.82) is 0 Å². The fraction of sp³-hybridized carbons (Fsp3) is 0.667. The lowest BCUT2D eigenvalue weighted by Gasteiger charge is -2.29. The average molecular weight is 209 g/mol. The van der Waals surface area contributed by atoms with Gasteiger partial charge in [-0.1, -0.05) is 0 Å². The SMILES string of the molecule is CN1CCC(NC(=O)c2cn[nH]n2)CC1. The number of likely N-dealkylation sites (tertiary alicyclic amines) is 1. The molecule has 0 aromatic carbocycles. The van der Waals surface area contributed by atoms with E-state index in [1.54, 1.807) is 0 Å². The number of carbonyl (C=O) groups is 1. The van der Waals surface area contributed by atoms with Crippen LogP contribution in [0.5, 0.6) is 0 Å². The van der Waals surface area contributed by atoms with E-state index in [1.807, 2.05) is 0 Å². The molecule has 2 rings (SSSR count). The molecule has 0 saturated carbocycles. The quantitative estimate of drug-likeness (QED) is 0.697. The van der Waals surface area contributed by atoms with E-state index in [2.05, 4.69) is 32.7 Å². The smallest absolute Gasteiger partial charge is 0.273 e. The van der Waals surface area contributed by atoms with Gasteiger partial charge in [-0.15, -0.1) is 0 Å². The van der Waals surface area contributed by atoms with Gasteiger partial charge < -0.3 is 10.2 Å². The molecule has 1 saturated heterocycles. The molecule has 1 fully saturated rings. The van der Waals surface area contributed by atoms with Crippen LogP contribution >= 0.6 is 0 Å². The zero-order chi connectivity index (χ0) is 10.7. The molecule has 1 aliphatic rings. The first-order chi connectivity index (χ1) is 7.25. The van der Waals surface area contributed by atoms with Gasteiger partial charge in [0.2, 0.25) is 0 Å². The number of nitrogens with zero attached hydrogens (tertiary/aromatic N) is 3. The van der Waals surface area contributed by atoms with Crippen LogP contribution in [0.3, 0.4) is 0 Å². The number of aromatic amines is 1. The van der Waals surface area contributed by atoms with E-state index in [4.69, 9.17) is 0 Å². The zero-order valence-corrected chi connectivity index (χ0v) is 8.73. The van der Waals surface area contributed by atoms with Gasteiger partial charge in [0, 0.05) is 6.04 Å². The first-order valence-electron chi connectivity index (χ1n) is 5.11. The predicted octanol–water partition coefficient (Wildman–Crippen LogP) is -0.371. The highest BCUT2D eigenvalue weighted by molar-refractivity contribution is 5.91. The summed E-state index contributed by atoms with van der Waals surface area (Å²) >= 11 is 0. The highest BCUT2D eigenvalue weighted by Crippen LogP contribution is 2.08. The van der Waals surface area contributed by atoms with Gasteiger partial charge in [0.05, 0.1) is 6.20 Å². The van der Waals surface area contributed by atoms with E-state index in [0.717, 1.165) is 25.9 Å². The van der Waals surface area contributed by atoms with E-state index < -0.39 is 0 Å². The van der Waals surface area contributed by atoms with E-state index in [0.29, 0.717) is 5.69 Å². The maximum Gasteiger partial charge on any atom is 0.273 e. The molecule has 6 nitrogen and oxygen atoms in total. The molecule has 1 amide bonds. The van der Waals surface area contributed by atoms with Crippen molar-refractivity contribution in [2.75, 3.05) is 20.1 Å². The number of H-pyrrole nitrogens is 1. The summed E-state index contributed by atoms with van der Waals surface area (Å²) in [5.74, 6) is -0.140. The van der Waals surface area contributed by atoms with Crippen molar-refractivity contribution in [3.8, 4) is 0 Å². The Morgan fingerprint density at radius 2 is 2.33 bits per heavy atom. The monoisotopic (exact) mass is 209 g/mol. The second kappa shape index (κ2) is 4.39. The minimum absolute atomic E-state index is 0.140. The van der Waals surface area contributed by atoms with E-state index in [1.165, 1.54) is 6.20 Å². The minimum Gasteiger partial charge on any atom is -0.348 e.